The fourth-order valence-electron chi connectivity index (χ4n) is 2.52. The van der Waals surface area contributed by atoms with Gasteiger partial charge in [0.1, 0.15) is 5.75 Å². The Bertz CT molecular complexity index is 755. The molecule has 2 aromatic rings. The van der Waals surface area contributed by atoms with Crippen molar-refractivity contribution in [1.82, 2.24) is 9.55 Å². The number of carbonyl (C=O) groups excluding carboxylic acids is 1. The van der Waals surface area contributed by atoms with Gasteiger partial charge in [-0.25, -0.2) is 4.98 Å². The first-order chi connectivity index (χ1) is 10.6. The van der Waals surface area contributed by atoms with E-state index in [-0.39, 0.29) is 17.2 Å². The van der Waals surface area contributed by atoms with E-state index in [1.54, 1.807) is 7.05 Å². The summed E-state index contributed by atoms with van der Waals surface area (Å²) in [4.78, 5) is 29.8. The molecule has 7 heteroatoms. The van der Waals surface area contributed by atoms with Gasteiger partial charge in [0, 0.05) is 24.2 Å². The smallest absolute Gasteiger partial charge is 0.262 e. The molecule has 0 radical (unpaired) electrons. The van der Waals surface area contributed by atoms with Gasteiger partial charge < -0.3 is 9.30 Å². The van der Waals surface area contributed by atoms with Crippen LogP contribution in [0.25, 0.3) is 0 Å². The van der Waals surface area contributed by atoms with Gasteiger partial charge in [0.2, 0.25) is 0 Å². The highest BCUT2D eigenvalue weighted by Gasteiger charge is 2.19. The third-order valence-corrected chi connectivity index (χ3v) is 4.79. The van der Waals surface area contributed by atoms with Gasteiger partial charge in [-0.1, -0.05) is 0 Å². The van der Waals surface area contributed by atoms with Crippen molar-refractivity contribution in [2.75, 3.05) is 12.4 Å². The van der Waals surface area contributed by atoms with Gasteiger partial charge in [-0.2, -0.15) is 0 Å². The van der Waals surface area contributed by atoms with Crippen molar-refractivity contribution in [2.45, 2.75) is 25.7 Å². The lowest BCUT2D eigenvalue weighted by Crippen LogP contribution is -2.21. The summed E-state index contributed by atoms with van der Waals surface area (Å²) in [6.45, 7) is 0. The third kappa shape index (κ3) is 2.76. The van der Waals surface area contributed by atoms with Crippen LogP contribution in [-0.4, -0.2) is 22.6 Å². The Morgan fingerprint density at radius 1 is 1.41 bits per heavy atom. The molecule has 0 saturated carbocycles. The molecular formula is C15H17N3O3S. The lowest BCUT2D eigenvalue weighted by atomic mass is 10.0. The van der Waals surface area contributed by atoms with E-state index in [4.69, 9.17) is 4.74 Å². The minimum absolute atomic E-state index is 0.224. The van der Waals surface area contributed by atoms with Crippen molar-refractivity contribution in [3.63, 3.8) is 0 Å². The second-order valence-corrected chi connectivity index (χ2v) is 6.34. The molecule has 1 aliphatic rings. The number of amides is 1. The number of methoxy groups -OCH3 is 1. The average Bonchev–Trinajstić information content (AvgIpc) is 2.91. The first kappa shape index (κ1) is 14.8. The van der Waals surface area contributed by atoms with Crippen molar-refractivity contribution < 1.29 is 9.53 Å². The number of aryl methyl sites for hydroxylation is 3. The molecule has 22 heavy (non-hydrogen) atoms. The van der Waals surface area contributed by atoms with Crippen molar-refractivity contribution in [3.8, 4) is 5.75 Å². The van der Waals surface area contributed by atoms with Crippen LogP contribution < -0.4 is 15.6 Å². The molecule has 1 N–H and O–H groups in total. The number of hydrogen-bond acceptors (Lipinski definition) is 5. The van der Waals surface area contributed by atoms with Crippen molar-refractivity contribution in [2.24, 2.45) is 7.05 Å². The van der Waals surface area contributed by atoms with E-state index in [0.717, 1.165) is 25.0 Å². The summed E-state index contributed by atoms with van der Waals surface area (Å²) in [6, 6.07) is 1.31. The molecule has 2 aromatic heterocycles. The van der Waals surface area contributed by atoms with Crippen LogP contribution in [0.4, 0.5) is 5.13 Å². The number of hydrogen-bond donors (Lipinski definition) is 1. The second kappa shape index (κ2) is 5.92. The predicted molar refractivity (Wildman–Crippen MR) is 84.9 cm³/mol. The normalized spacial score (nSPS) is 13.5. The van der Waals surface area contributed by atoms with E-state index in [1.165, 1.54) is 46.6 Å². The molecule has 0 aliphatic heterocycles. The van der Waals surface area contributed by atoms with Crippen LogP contribution in [0.1, 0.15) is 33.8 Å². The number of aromatic nitrogens is 2. The van der Waals surface area contributed by atoms with Crippen LogP contribution in [0.3, 0.4) is 0 Å². The van der Waals surface area contributed by atoms with Gasteiger partial charge in [-0.15, -0.1) is 11.3 Å². The number of rotatable bonds is 3. The highest BCUT2D eigenvalue weighted by molar-refractivity contribution is 7.15. The predicted octanol–water partition coefficient (Wildman–Crippen LogP) is 1.98. The Balaban J connectivity index is 1.87. The topological polar surface area (TPSA) is 73.2 Å². The summed E-state index contributed by atoms with van der Waals surface area (Å²) in [5, 5.41) is 3.41. The fraction of sp³-hybridized carbons (Fsp3) is 0.400. The zero-order valence-corrected chi connectivity index (χ0v) is 13.3. The molecule has 3 rings (SSSR count). The summed E-state index contributed by atoms with van der Waals surface area (Å²) >= 11 is 1.53. The van der Waals surface area contributed by atoms with Gasteiger partial charge in [0.25, 0.3) is 11.5 Å². The van der Waals surface area contributed by atoms with Gasteiger partial charge >= 0.3 is 0 Å². The maximum Gasteiger partial charge on any atom is 0.262 e. The number of ether oxygens (including phenoxy) is 1. The molecule has 0 bridgehead atoms. The zero-order chi connectivity index (χ0) is 15.7. The van der Waals surface area contributed by atoms with Crippen LogP contribution in [0.5, 0.6) is 5.75 Å². The molecule has 116 valence electrons. The fourth-order valence-corrected chi connectivity index (χ4v) is 3.57. The molecule has 1 amide bonds. The van der Waals surface area contributed by atoms with Crippen LogP contribution in [0.15, 0.2) is 17.1 Å². The van der Waals surface area contributed by atoms with Crippen molar-refractivity contribution >= 4 is 22.4 Å². The zero-order valence-electron chi connectivity index (χ0n) is 12.5. The monoisotopic (exact) mass is 319 g/mol. The maximum absolute atomic E-state index is 12.4. The lowest BCUT2D eigenvalue weighted by Gasteiger charge is -2.09. The summed E-state index contributed by atoms with van der Waals surface area (Å²) in [5.74, 6) is -0.0551. The van der Waals surface area contributed by atoms with Gasteiger partial charge in [0.15, 0.2) is 5.13 Å². The Kier molecular flexibility index (Phi) is 3.98. The molecule has 0 unspecified atom stereocenters. The Hall–Kier alpha value is -2.15. The summed E-state index contributed by atoms with van der Waals surface area (Å²) in [7, 11) is 3.04. The number of nitrogens with zero attached hydrogens (tertiary/aromatic N) is 2. The molecule has 0 spiro atoms. The van der Waals surface area contributed by atoms with Crippen molar-refractivity contribution in [1.29, 1.82) is 0 Å². The number of pyridine rings is 1. The Morgan fingerprint density at radius 3 is 2.91 bits per heavy atom. The number of anilines is 1. The highest BCUT2D eigenvalue weighted by atomic mass is 32.1. The molecule has 6 nitrogen and oxygen atoms in total. The third-order valence-electron chi connectivity index (χ3n) is 3.72. The van der Waals surface area contributed by atoms with Gasteiger partial charge in [-0.05, 0) is 25.7 Å². The molecule has 2 heterocycles. The SMILES string of the molecule is COc1cc(=O)n(C)cc1C(=O)Nc1nc2c(s1)CCCC2. The van der Waals surface area contributed by atoms with Crippen LogP contribution in [-0.2, 0) is 19.9 Å². The molecule has 0 atom stereocenters. The van der Waals surface area contributed by atoms with Crippen molar-refractivity contribution in [3.05, 3.63) is 38.8 Å². The number of carbonyl (C=O) groups is 1. The highest BCUT2D eigenvalue weighted by Crippen LogP contribution is 2.30. The summed E-state index contributed by atoms with van der Waals surface area (Å²) in [6.07, 6.45) is 5.82. The van der Waals surface area contributed by atoms with Crippen LogP contribution >= 0.6 is 11.3 Å². The minimum atomic E-state index is -0.321. The van der Waals surface area contributed by atoms with Gasteiger partial charge in [0.05, 0.1) is 18.4 Å². The van der Waals surface area contributed by atoms with Crippen LogP contribution in [0, 0.1) is 0 Å². The maximum atomic E-state index is 12.4. The second-order valence-electron chi connectivity index (χ2n) is 5.25. The number of thiazole rings is 1. The molecular weight excluding hydrogens is 302 g/mol. The lowest BCUT2D eigenvalue weighted by molar-refractivity contribution is 0.102. The Labute approximate surface area is 131 Å². The van der Waals surface area contributed by atoms with E-state index in [1.807, 2.05) is 0 Å². The standard InChI is InChI=1S/C15H17N3O3S/c1-18-8-9(11(21-2)7-13(18)19)14(20)17-15-16-10-5-3-4-6-12(10)22-15/h7-8H,3-6H2,1-2H3,(H,16,17,20). The largest absolute Gasteiger partial charge is 0.496 e. The summed E-state index contributed by atoms with van der Waals surface area (Å²) in [5.41, 5.74) is 1.19. The van der Waals surface area contributed by atoms with Crippen LogP contribution in [0.2, 0.25) is 0 Å². The first-order valence-electron chi connectivity index (χ1n) is 7.13. The van der Waals surface area contributed by atoms with E-state index in [0.29, 0.717) is 10.7 Å². The van der Waals surface area contributed by atoms with E-state index in [2.05, 4.69) is 10.3 Å². The molecule has 0 aromatic carbocycles. The average molecular weight is 319 g/mol. The van der Waals surface area contributed by atoms with E-state index < -0.39 is 0 Å². The van der Waals surface area contributed by atoms with E-state index in [9.17, 15) is 9.59 Å². The Morgan fingerprint density at radius 2 is 2.18 bits per heavy atom. The van der Waals surface area contributed by atoms with Gasteiger partial charge in [-0.3, -0.25) is 14.9 Å². The first-order valence-corrected chi connectivity index (χ1v) is 7.94. The van der Waals surface area contributed by atoms with E-state index >= 15 is 0 Å². The number of nitrogens with one attached hydrogen (secondary N) is 1. The quantitative estimate of drug-likeness (QED) is 0.939. The minimum Gasteiger partial charge on any atom is -0.496 e. The number of fused-ring (bicyclic) bond motifs is 1. The molecule has 0 saturated heterocycles. The molecule has 0 fully saturated rings. The summed E-state index contributed by atoms with van der Waals surface area (Å²) < 4.78 is 6.48. The molecule has 1 aliphatic carbocycles.